The van der Waals surface area contributed by atoms with Crippen LogP contribution in [0.4, 0.5) is 4.79 Å². The summed E-state index contributed by atoms with van der Waals surface area (Å²) in [4.78, 5) is 9.74. The van der Waals surface area contributed by atoms with Crippen molar-refractivity contribution in [2.45, 2.75) is 72.0 Å². The van der Waals surface area contributed by atoms with E-state index in [1.807, 2.05) is 54.6 Å². The summed E-state index contributed by atoms with van der Waals surface area (Å²) in [7, 11) is 21.3. The topological polar surface area (TPSA) is 234 Å². The Hall–Kier alpha value is -1.05. The first-order valence-electron chi connectivity index (χ1n) is 15.9. The first-order chi connectivity index (χ1) is 26.1. The lowest BCUT2D eigenvalue weighted by Gasteiger charge is -2.19. The molecule has 358 valence electrons. The highest BCUT2D eigenvalue weighted by Crippen LogP contribution is 2.06. The molecule has 0 saturated heterocycles. The first-order valence-corrected chi connectivity index (χ1v) is 21.1. The van der Waals surface area contributed by atoms with Gasteiger partial charge in [0, 0.05) is 85.3 Å². The zero-order valence-corrected chi connectivity index (χ0v) is 42.3. The van der Waals surface area contributed by atoms with Crippen molar-refractivity contribution in [1.29, 1.82) is 0 Å². The van der Waals surface area contributed by atoms with E-state index in [4.69, 9.17) is 37.3 Å². The van der Waals surface area contributed by atoms with Crippen molar-refractivity contribution in [3.8, 4) is 0 Å². The fourth-order valence-electron chi connectivity index (χ4n) is 0.788. The molecular weight excluding hydrogens is 829 g/mol. The Kier molecular flexibility index (Phi) is 71.2. The summed E-state index contributed by atoms with van der Waals surface area (Å²) >= 11 is -1.53. The third kappa shape index (κ3) is 91.9. The van der Waals surface area contributed by atoms with Gasteiger partial charge in [0.25, 0.3) is 0 Å². The van der Waals surface area contributed by atoms with Gasteiger partial charge in [-0.05, 0) is 54.6 Å². The molecule has 0 heterocycles. The second-order valence-corrected chi connectivity index (χ2v) is 16.7. The van der Waals surface area contributed by atoms with Gasteiger partial charge in [-0.3, -0.25) is 16.7 Å². The SMILES string of the molecule is COC(=O)OC.COC(C)(C)OC.COC(C)(C)OC.COC(C)(C)OC.COCOC.COCOC.COS(=O)(=O)OC.COS(=O)OC.CO[Si](C)(C)OC. The third-order valence-electron chi connectivity index (χ3n) is 5.42. The summed E-state index contributed by atoms with van der Waals surface area (Å²) in [6.07, 6.45) is -0.657. The predicted octanol–water partition coefficient (Wildman–Crippen LogP) is 4.28. The largest absolute Gasteiger partial charge is 0.507 e. The number of carbonyl (C=O) groups excluding carboxylic acids is 1. The van der Waals surface area contributed by atoms with E-state index in [-0.39, 0.29) is 0 Å². The van der Waals surface area contributed by atoms with Crippen LogP contribution < -0.4 is 0 Å². The van der Waals surface area contributed by atoms with Crippen LogP contribution in [0.3, 0.4) is 0 Å². The fraction of sp³-hybridized carbons (Fsp3) is 0.969. The lowest BCUT2D eigenvalue weighted by Crippen LogP contribution is -2.31. The molecule has 0 aliphatic rings. The van der Waals surface area contributed by atoms with Crippen molar-refractivity contribution in [3.05, 3.63) is 0 Å². The maximum atomic E-state index is 9.92. The lowest BCUT2D eigenvalue weighted by atomic mass is 10.4. The van der Waals surface area contributed by atoms with Gasteiger partial charge in [0.05, 0.1) is 42.7 Å². The number of rotatable bonds is 16. The molecule has 0 aromatic carbocycles. The molecule has 0 amide bonds. The monoisotopic (exact) mass is 910 g/mol. The van der Waals surface area contributed by atoms with E-state index in [9.17, 15) is 17.4 Å². The van der Waals surface area contributed by atoms with E-state index in [1.54, 1.807) is 85.3 Å². The molecule has 0 fully saturated rings. The molecule has 0 aliphatic heterocycles. The second-order valence-electron chi connectivity index (χ2n) is 10.6. The van der Waals surface area contributed by atoms with E-state index < -0.39 is 53.8 Å². The average molecular weight is 911 g/mol. The molecule has 0 saturated carbocycles. The van der Waals surface area contributed by atoms with E-state index in [0.29, 0.717) is 13.6 Å². The molecule has 57 heavy (non-hydrogen) atoms. The molecular formula is C32H82O22S2Si. The van der Waals surface area contributed by atoms with Crippen LogP contribution in [0, 0.1) is 0 Å². The highest BCUT2D eigenvalue weighted by molar-refractivity contribution is 7.81. The van der Waals surface area contributed by atoms with Gasteiger partial charge in [-0.25, -0.2) is 4.79 Å². The molecule has 25 heteroatoms. The Morgan fingerprint density at radius 3 is 0.684 bits per heavy atom. The standard InChI is InChI=1S/3C5H12O2.C4H12O2Si.C3H6O3.2C3H8O2.C2H6O4S.C2H6O3S/c3*1-5(2,6-3)7-4;1-5-7(3,4)6-2;1-5-3(4)6-2;2*1-4-3-5-2;1-5-7(3,4)6-2;1-4-6(3)5-2/h4*1-4H3;1-2H3;2*3H2,1-2H3;1-2H3;1-2H3. The summed E-state index contributed by atoms with van der Waals surface area (Å²) in [5.74, 6) is -1.25. The van der Waals surface area contributed by atoms with Gasteiger partial charge in [0.2, 0.25) is 0 Å². The third-order valence-corrected chi connectivity index (χ3v) is 8.74. The molecule has 0 aliphatic carbocycles. The van der Waals surface area contributed by atoms with Crippen LogP contribution in [0.5, 0.6) is 0 Å². The Balaban J connectivity index is -0.0000000651. The molecule has 0 unspecified atom stereocenters. The second kappa shape index (κ2) is 53.0. The molecule has 0 aromatic rings. The minimum Gasteiger partial charge on any atom is -0.438 e. The Morgan fingerprint density at radius 2 is 0.684 bits per heavy atom. The Labute approximate surface area is 349 Å². The van der Waals surface area contributed by atoms with Gasteiger partial charge in [0.15, 0.2) is 17.4 Å². The highest BCUT2D eigenvalue weighted by atomic mass is 32.3. The summed E-state index contributed by atoms with van der Waals surface area (Å²) in [6, 6.07) is 0. The van der Waals surface area contributed by atoms with Crippen molar-refractivity contribution in [2.24, 2.45) is 0 Å². The highest BCUT2D eigenvalue weighted by Gasteiger charge is 2.19. The van der Waals surface area contributed by atoms with Gasteiger partial charge in [-0.2, -0.15) is 12.6 Å². The minimum atomic E-state index is -3.66. The van der Waals surface area contributed by atoms with Gasteiger partial charge in [-0.1, -0.05) is 0 Å². The normalized spacial score (nSPS) is 10.6. The molecule has 0 rings (SSSR count). The van der Waals surface area contributed by atoms with Crippen molar-refractivity contribution in [1.82, 2.24) is 0 Å². The number of ether oxygens (including phenoxy) is 12. The minimum absolute atomic E-state index is 0.389. The maximum Gasteiger partial charge on any atom is 0.507 e. The number of methoxy groups -OCH3 is 12. The molecule has 0 aromatic heterocycles. The van der Waals surface area contributed by atoms with Crippen molar-refractivity contribution in [2.75, 3.05) is 142 Å². The quantitative estimate of drug-likeness (QED) is 0.119. The summed E-state index contributed by atoms with van der Waals surface area (Å²) in [6.45, 7) is 15.9. The van der Waals surface area contributed by atoms with Crippen LogP contribution >= 0.6 is 0 Å². The Bertz CT molecular complexity index is 760. The summed E-state index contributed by atoms with van der Waals surface area (Å²) in [5, 5.41) is 0. The first kappa shape index (κ1) is 76.6. The zero-order chi connectivity index (χ0) is 47.8. The maximum absolute atomic E-state index is 9.92. The van der Waals surface area contributed by atoms with Crippen LogP contribution in [0.2, 0.25) is 13.1 Å². The molecule has 0 N–H and O–H groups in total. The van der Waals surface area contributed by atoms with Gasteiger partial charge >= 0.3 is 36.5 Å². The summed E-state index contributed by atoms with van der Waals surface area (Å²) < 4.78 is 111. The van der Waals surface area contributed by atoms with E-state index in [1.165, 1.54) is 28.4 Å². The average Bonchev–Trinajstić information content (AvgIpc) is 3.22. The number of hydrogen-bond donors (Lipinski definition) is 0. The molecule has 0 spiro atoms. The molecule has 0 atom stereocenters. The van der Waals surface area contributed by atoms with Gasteiger partial charge < -0.3 is 65.7 Å². The van der Waals surface area contributed by atoms with E-state index in [2.05, 4.69) is 45.2 Å². The molecule has 0 radical (unpaired) electrons. The van der Waals surface area contributed by atoms with Crippen LogP contribution in [0.15, 0.2) is 0 Å². The molecule has 0 bridgehead atoms. The zero-order valence-electron chi connectivity index (χ0n) is 39.7. The molecule has 22 nitrogen and oxygen atoms in total. The summed E-state index contributed by atoms with van der Waals surface area (Å²) in [5.41, 5.74) is 0. The van der Waals surface area contributed by atoms with Crippen molar-refractivity contribution in [3.63, 3.8) is 0 Å². The van der Waals surface area contributed by atoms with Crippen LogP contribution in [-0.2, 0) is 104 Å². The van der Waals surface area contributed by atoms with E-state index >= 15 is 0 Å². The van der Waals surface area contributed by atoms with Crippen LogP contribution in [0.1, 0.15) is 41.5 Å². The van der Waals surface area contributed by atoms with Crippen LogP contribution in [-0.4, -0.2) is 186 Å². The van der Waals surface area contributed by atoms with Crippen LogP contribution in [0.25, 0.3) is 0 Å². The van der Waals surface area contributed by atoms with Gasteiger partial charge in [-0.15, -0.1) is 0 Å². The smallest absolute Gasteiger partial charge is 0.438 e. The number of hydrogen-bond acceptors (Lipinski definition) is 22. The predicted molar refractivity (Wildman–Crippen MR) is 218 cm³/mol. The lowest BCUT2D eigenvalue weighted by molar-refractivity contribution is -0.179. The van der Waals surface area contributed by atoms with Gasteiger partial charge in [0.1, 0.15) is 13.6 Å². The van der Waals surface area contributed by atoms with Crippen molar-refractivity contribution >= 4 is 36.5 Å². The van der Waals surface area contributed by atoms with Crippen molar-refractivity contribution < 1.29 is 99.8 Å². The van der Waals surface area contributed by atoms with E-state index in [0.717, 1.165) is 14.2 Å². The number of carbonyl (C=O) groups is 1. The Morgan fingerprint density at radius 1 is 0.474 bits per heavy atom. The fourth-order valence-corrected chi connectivity index (χ4v) is 1.23.